The van der Waals surface area contributed by atoms with Crippen LogP contribution in [0.4, 0.5) is 0 Å². The van der Waals surface area contributed by atoms with Gasteiger partial charge in [-0.15, -0.1) is 0 Å². The molecule has 0 bridgehead atoms. The molecular formula is C9H11BrN2O2. The summed E-state index contributed by atoms with van der Waals surface area (Å²) >= 11 is 3.25. The molecule has 0 atom stereocenters. The maximum absolute atomic E-state index is 11.6. The molecule has 0 saturated carbocycles. The Morgan fingerprint density at radius 2 is 2.36 bits per heavy atom. The maximum Gasteiger partial charge on any atom is 0.169 e. The van der Waals surface area contributed by atoms with Crippen molar-refractivity contribution < 1.29 is 9.53 Å². The fraction of sp³-hybridized carbons (Fsp3) is 0.333. The minimum absolute atomic E-state index is 0.0429. The van der Waals surface area contributed by atoms with Crippen LogP contribution in [-0.2, 0) is 0 Å². The van der Waals surface area contributed by atoms with Crippen LogP contribution in [0.3, 0.4) is 0 Å². The number of methoxy groups -OCH3 is 1. The van der Waals surface area contributed by atoms with Crippen molar-refractivity contribution in [1.82, 2.24) is 4.98 Å². The van der Waals surface area contributed by atoms with Crippen LogP contribution in [0, 0.1) is 0 Å². The van der Waals surface area contributed by atoms with E-state index in [0.29, 0.717) is 28.8 Å². The Balaban J connectivity index is 3.10. The summed E-state index contributed by atoms with van der Waals surface area (Å²) in [4.78, 5) is 15.5. The number of nitrogens with two attached hydrogens (primary N) is 1. The van der Waals surface area contributed by atoms with Crippen molar-refractivity contribution in [2.24, 2.45) is 5.73 Å². The third kappa shape index (κ3) is 2.30. The van der Waals surface area contributed by atoms with E-state index in [9.17, 15) is 4.79 Å². The van der Waals surface area contributed by atoms with Crippen molar-refractivity contribution in [3.05, 3.63) is 22.4 Å². The zero-order valence-electron chi connectivity index (χ0n) is 7.79. The van der Waals surface area contributed by atoms with Gasteiger partial charge in [0.05, 0.1) is 23.3 Å². The molecule has 4 nitrogen and oxygen atoms in total. The number of ketones is 1. The summed E-state index contributed by atoms with van der Waals surface area (Å²) in [5, 5.41) is 0. The van der Waals surface area contributed by atoms with Gasteiger partial charge in [-0.05, 0) is 22.5 Å². The molecular weight excluding hydrogens is 248 g/mol. The van der Waals surface area contributed by atoms with Gasteiger partial charge in [-0.2, -0.15) is 0 Å². The van der Waals surface area contributed by atoms with Crippen molar-refractivity contribution in [3.63, 3.8) is 0 Å². The second-order valence-electron chi connectivity index (χ2n) is 2.66. The summed E-state index contributed by atoms with van der Waals surface area (Å²) in [5.74, 6) is 0.427. The van der Waals surface area contributed by atoms with Gasteiger partial charge in [-0.3, -0.25) is 9.78 Å². The molecule has 0 spiro atoms. The van der Waals surface area contributed by atoms with E-state index in [1.165, 1.54) is 13.3 Å². The second kappa shape index (κ2) is 5.07. The first-order valence-corrected chi connectivity index (χ1v) is 4.90. The molecule has 1 aromatic rings. The molecule has 0 amide bonds. The normalized spacial score (nSPS) is 9.93. The van der Waals surface area contributed by atoms with Gasteiger partial charge < -0.3 is 10.5 Å². The molecule has 0 aromatic carbocycles. The lowest BCUT2D eigenvalue weighted by Gasteiger charge is -2.07. The number of pyridine rings is 1. The van der Waals surface area contributed by atoms with Crippen LogP contribution in [0.5, 0.6) is 5.75 Å². The van der Waals surface area contributed by atoms with E-state index in [-0.39, 0.29) is 5.78 Å². The minimum Gasteiger partial charge on any atom is -0.494 e. The fourth-order valence-electron chi connectivity index (χ4n) is 1.10. The van der Waals surface area contributed by atoms with Gasteiger partial charge in [0, 0.05) is 12.6 Å². The molecule has 1 rings (SSSR count). The Bertz CT molecular complexity index is 342. The topological polar surface area (TPSA) is 65.2 Å². The standard InChI is InChI=1S/C9H11BrN2O2/c1-14-8-5-12-4-6(10)9(8)7(13)2-3-11/h4-5H,2-3,11H2,1H3. The zero-order valence-corrected chi connectivity index (χ0v) is 9.37. The highest BCUT2D eigenvalue weighted by molar-refractivity contribution is 9.10. The van der Waals surface area contributed by atoms with Crippen LogP contribution in [-0.4, -0.2) is 24.4 Å². The second-order valence-corrected chi connectivity index (χ2v) is 3.51. The Hall–Kier alpha value is -0.940. The predicted octanol–water partition coefficient (Wildman–Crippen LogP) is 1.38. The largest absolute Gasteiger partial charge is 0.494 e. The molecule has 0 radical (unpaired) electrons. The average Bonchev–Trinajstić information content (AvgIpc) is 2.17. The first-order valence-electron chi connectivity index (χ1n) is 4.11. The molecule has 2 N–H and O–H groups in total. The molecule has 0 fully saturated rings. The molecule has 0 aliphatic carbocycles. The molecule has 0 aliphatic heterocycles. The van der Waals surface area contributed by atoms with E-state index < -0.39 is 0 Å². The summed E-state index contributed by atoms with van der Waals surface area (Å²) in [6, 6.07) is 0. The van der Waals surface area contributed by atoms with Crippen LogP contribution >= 0.6 is 15.9 Å². The molecule has 0 saturated heterocycles. The number of carbonyl (C=O) groups is 1. The Labute approximate surface area is 90.6 Å². The van der Waals surface area contributed by atoms with Gasteiger partial charge in [-0.1, -0.05) is 0 Å². The first kappa shape index (κ1) is 11.1. The SMILES string of the molecule is COc1cncc(Br)c1C(=O)CCN. The quantitative estimate of drug-likeness (QED) is 0.829. The van der Waals surface area contributed by atoms with Gasteiger partial charge in [0.15, 0.2) is 5.78 Å². The van der Waals surface area contributed by atoms with Gasteiger partial charge >= 0.3 is 0 Å². The van der Waals surface area contributed by atoms with Crippen LogP contribution in [0.25, 0.3) is 0 Å². The van der Waals surface area contributed by atoms with Gasteiger partial charge in [-0.25, -0.2) is 0 Å². The third-order valence-electron chi connectivity index (χ3n) is 1.74. The lowest BCUT2D eigenvalue weighted by molar-refractivity contribution is 0.0981. The smallest absolute Gasteiger partial charge is 0.169 e. The Kier molecular flexibility index (Phi) is 4.03. The van der Waals surface area contributed by atoms with Crippen LogP contribution in [0.1, 0.15) is 16.8 Å². The molecule has 14 heavy (non-hydrogen) atoms. The van der Waals surface area contributed by atoms with E-state index in [1.54, 1.807) is 6.20 Å². The number of nitrogens with zero attached hydrogens (tertiary/aromatic N) is 1. The Morgan fingerprint density at radius 3 is 2.93 bits per heavy atom. The number of ether oxygens (including phenoxy) is 1. The highest BCUT2D eigenvalue weighted by atomic mass is 79.9. The Morgan fingerprint density at radius 1 is 1.64 bits per heavy atom. The van der Waals surface area contributed by atoms with Crippen molar-refractivity contribution in [2.75, 3.05) is 13.7 Å². The molecule has 1 aromatic heterocycles. The third-order valence-corrected chi connectivity index (χ3v) is 2.34. The van der Waals surface area contributed by atoms with Crippen LogP contribution in [0.15, 0.2) is 16.9 Å². The molecule has 0 aliphatic rings. The van der Waals surface area contributed by atoms with E-state index in [0.717, 1.165) is 0 Å². The van der Waals surface area contributed by atoms with Crippen molar-refractivity contribution in [3.8, 4) is 5.75 Å². The summed E-state index contributed by atoms with van der Waals surface area (Å²) in [6.45, 7) is 0.330. The number of rotatable bonds is 4. The van der Waals surface area contributed by atoms with E-state index in [2.05, 4.69) is 20.9 Å². The first-order chi connectivity index (χ1) is 6.70. The molecule has 1 heterocycles. The van der Waals surface area contributed by atoms with Gasteiger partial charge in [0.2, 0.25) is 0 Å². The van der Waals surface area contributed by atoms with E-state index in [4.69, 9.17) is 10.5 Å². The number of aromatic nitrogens is 1. The van der Waals surface area contributed by atoms with Gasteiger partial charge in [0.1, 0.15) is 5.75 Å². The zero-order chi connectivity index (χ0) is 10.6. The number of halogens is 1. The van der Waals surface area contributed by atoms with Crippen LogP contribution < -0.4 is 10.5 Å². The minimum atomic E-state index is -0.0429. The predicted molar refractivity (Wildman–Crippen MR) is 56.5 cm³/mol. The number of hydrogen-bond donors (Lipinski definition) is 1. The summed E-state index contributed by atoms with van der Waals surface area (Å²) < 4.78 is 5.67. The molecule has 0 unspecified atom stereocenters. The van der Waals surface area contributed by atoms with Crippen molar-refractivity contribution in [2.45, 2.75) is 6.42 Å². The lowest BCUT2D eigenvalue weighted by atomic mass is 10.1. The summed E-state index contributed by atoms with van der Waals surface area (Å²) in [6.07, 6.45) is 3.37. The highest BCUT2D eigenvalue weighted by Gasteiger charge is 2.15. The van der Waals surface area contributed by atoms with Gasteiger partial charge in [0.25, 0.3) is 0 Å². The fourth-order valence-corrected chi connectivity index (χ4v) is 1.63. The summed E-state index contributed by atoms with van der Waals surface area (Å²) in [7, 11) is 1.50. The monoisotopic (exact) mass is 258 g/mol. The molecule has 76 valence electrons. The highest BCUT2D eigenvalue weighted by Crippen LogP contribution is 2.26. The maximum atomic E-state index is 11.6. The summed E-state index contributed by atoms with van der Waals surface area (Å²) in [5.41, 5.74) is 5.82. The van der Waals surface area contributed by atoms with Crippen LogP contribution in [0.2, 0.25) is 0 Å². The van der Waals surface area contributed by atoms with Crippen molar-refractivity contribution in [1.29, 1.82) is 0 Å². The number of carbonyl (C=O) groups excluding carboxylic acids is 1. The average molecular weight is 259 g/mol. The lowest BCUT2D eigenvalue weighted by Crippen LogP contribution is -2.10. The number of Topliss-reactive ketones (excluding diaryl/α,β-unsaturated/α-hetero) is 1. The van der Waals surface area contributed by atoms with E-state index in [1.807, 2.05) is 0 Å². The van der Waals surface area contributed by atoms with E-state index >= 15 is 0 Å². The molecule has 5 heteroatoms. The number of hydrogen-bond acceptors (Lipinski definition) is 4. The van der Waals surface area contributed by atoms with Crippen molar-refractivity contribution >= 4 is 21.7 Å².